The summed E-state index contributed by atoms with van der Waals surface area (Å²) in [6.07, 6.45) is 11.4. The van der Waals surface area contributed by atoms with Crippen molar-refractivity contribution in [3.63, 3.8) is 0 Å². The molecular formula is C13H28OSi. The van der Waals surface area contributed by atoms with Crippen molar-refractivity contribution < 1.29 is 4.43 Å². The van der Waals surface area contributed by atoms with Gasteiger partial charge in [0.15, 0.2) is 8.32 Å². The quantitative estimate of drug-likeness (QED) is 0.331. The zero-order valence-electron chi connectivity index (χ0n) is 11.2. The minimum atomic E-state index is -1.35. The predicted molar refractivity (Wildman–Crippen MR) is 71.8 cm³/mol. The van der Waals surface area contributed by atoms with E-state index < -0.39 is 8.32 Å². The van der Waals surface area contributed by atoms with Gasteiger partial charge in [-0.05, 0) is 39.4 Å². The third-order valence-electron chi connectivity index (χ3n) is 2.17. The Morgan fingerprint density at radius 3 is 2.33 bits per heavy atom. The molecule has 0 aliphatic carbocycles. The van der Waals surface area contributed by atoms with Crippen LogP contribution in [-0.4, -0.2) is 14.4 Å². The highest BCUT2D eigenvalue weighted by Crippen LogP contribution is 2.09. The molecule has 0 aromatic heterocycles. The Morgan fingerprint density at radius 1 is 1.13 bits per heavy atom. The average Bonchev–Trinajstić information content (AvgIpc) is 2.08. The van der Waals surface area contributed by atoms with E-state index in [9.17, 15) is 0 Å². The zero-order chi connectivity index (χ0) is 11.7. The molecular weight excluding hydrogens is 200 g/mol. The van der Waals surface area contributed by atoms with Gasteiger partial charge in [-0.1, -0.05) is 38.3 Å². The molecule has 0 rings (SSSR count). The normalized spacial score (nSPS) is 14.7. The Balaban J connectivity index is 3.50. The van der Waals surface area contributed by atoms with Gasteiger partial charge in [-0.2, -0.15) is 0 Å². The third-order valence-corrected chi connectivity index (χ3v) is 3.25. The van der Waals surface area contributed by atoms with Crippen LogP contribution in [-0.2, 0) is 4.43 Å². The highest BCUT2D eigenvalue weighted by Gasteiger charge is 2.16. The maximum Gasteiger partial charge on any atom is 0.184 e. The van der Waals surface area contributed by atoms with Crippen molar-refractivity contribution in [2.24, 2.45) is 0 Å². The summed E-state index contributed by atoms with van der Waals surface area (Å²) in [4.78, 5) is 0. The van der Waals surface area contributed by atoms with E-state index in [1.807, 2.05) is 0 Å². The second-order valence-corrected chi connectivity index (χ2v) is 9.67. The van der Waals surface area contributed by atoms with Crippen LogP contribution >= 0.6 is 0 Å². The molecule has 90 valence electrons. The van der Waals surface area contributed by atoms with Gasteiger partial charge in [0, 0.05) is 0 Å². The molecule has 1 nitrogen and oxygen atoms in total. The summed E-state index contributed by atoms with van der Waals surface area (Å²) in [6.45, 7) is 11.1. The summed E-state index contributed by atoms with van der Waals surface area (Å²) in [5.74, 6) is 0. The number of rotatable bonds is 8. The molecule has 0 spiro atoms. The van der Waals surface area contributed by atoms with E-state index >= 15 is 0 Å². The Kier molecular flexibility index (Phi) is 8.07. The van der Waals surface area contributed by atoms with Crippen molar-refractivity contribution in [2.75, 3.05) is 0 Å². The molecule has 0 radical (unpaired) electrons. The number of allylic oxidation sites excluding steroid dienone is 1. The van der Waals surface area contributed by atoms with Gasteiger partial charge in [-0.15, -0.1) is 0 Å². The van der Waals surface area contributed by atoms with Crippen LogP contribution in [0.5, 0.6) is 0 Å². The van der Waals surface area contributed by atoms with Crippen molar-refractivity contribution in [1.82, 2.24) is 0 Å². The van der Waals surface area contributed by atoms with Crippen molar-refractivity contribution in [2.45, 2.75) is 71.7 Å². The second-order valence-electron chi connectivity index (χ2n) is 5.21. The average molecular weight is 228 g/mol. The third kappa shape index (κ3) is 11.8. The standard InChI is InChI=1S/C13H28OSi/c1-6-7-8-9-10-11-12-13(2)14-15(3,4)5/h11-13H,6-10H2,1-5H3. The van der Waals surface area contributed by atoms with Crippen LogP contribution in [0, 0.1) is 0 Å². The second kappa shape index (κ2) is 8.11. The lowest BCUT2D eigenvalue weighted by Crippen LogP contribution is -2.29. The van der Waals surface area contributed by atoms with Crippen molar-refractivity contribution in [3.05, 3.63) is 12.2 Å². The molecule has 15 heavy (non-hydrogen) atoms. The summed E-state index contributed by atoms with van der Waals surface area (Å²) in [7, 11) is -1.35. The van der Waals surface area contributed by atoms with Crippen LogP contribution in [0.25, 0.3) is 0 Å². The molecule has 0 aliphatic rings. The van der Waals surface area contributed by atoms with Crippen LogP contribution in [0.1, 0.15) is 46.0 Å². The van der Waals surface area contributed by atoms with Crippen LogP contribution in [0.15, 0.2) is 12.2 Å². The SMILES string of the molecule is CCCCCCC=CC(C)O[Si](C)(C)C. The minimum absolute atomic E-state index is 0.294. The largest absolute Gasteiger partial charge is 0.412 e. The Bertz CT molecular complexity index is 170. The van der Waals surface area contributed by atoms with Gasteiger partial charge in [0.1, 0.15) is 0 Å². The molecule has 0 aliphatic heterocycles. The van der Waals surface area contributed by atoms with E-state index in [1.165, 1.54) is 32.1 Å². The number of unbranched alkanes of at least 4 members (excludes halogenated alkanes) is 4. The van der Waals surface area contributed by atoms with Crippen molar-refractivity contribution >= 4 is 8.32 Å². The highest BCUT2D eigenvalue weighted by atomic mass is 28.4. The van der Waals surface area contributed by atoms with Crippen LogP contribution < -0.4 is 0 Å². The molecule has 1 unspecified atom stereocenters. The fourth-order valence-corrected chi connectivity index (χ4v) is 2.77. The van der Waals surface area contributed by atoms with Gasteiger partial charge in [-0.25, -0.2) is 0 Å². The Labute approximate surface area is 97.0 Å². The maximum absolute atomic E-state index is 5.92. The first-order valence-electron chi connectivity index (χ1n) is 6.30. The van der Waals surface area contributed by atoms with E-state index in [-0.39, 0.29) is 0 Å². The predicted octanol–water partition coefficient (Wildman–Crippen LogP) is 4.75. The van der Waals surface area contributed by atoms with E-state index in [2.05, 4.69) is 45.6 Å². The lowest BCUT2D eigenvalue weighted by molar-refractivity contribution is 0.262. The maximum atomic E-state index is 5.92. The summed E-state index contributed by atoms with van der Waals surface area (Å²) >= 11 is 0. The molecule has 0 aromatic rings. The first-order chi connectivity index (χ1) is 6.95. The van der Waals surface area contributed by atoms with Crippen LogP contribution in [0.3, 0.4) is 0 Å². The molecule has 1 atom stereocenters. The lowest BCUT2D eigenvalue weighted by Gasteiger charge is -2.21. The zero-order valence-corrected chi connectivity index (χ0v) is 12.2. The highest BCUT2D eigenvalue weighted by molar-refractivity contribution is 6.69. The first kappa shape index (κ1) is 14.9. The molecule has 0 bridgehead atoms. The fourth-order valence-electron chi connectivity index (χ4n) is 1.57. The van der Waals surface area contributed by atoms with E-state index in [1.54, 1.807) is 0 Å². The summed E-state index contributed by atoms with van der Waals surface area (Å²) in [6, 6.07) is 0. The van der Waals surface area contributed by atoms with Gasteiger partial charge in [0.25, 0.3) is 0 Å². The Hall–Kier alpha value is -0.0831. The van der Waals surface area contributed by atoms with Crippen LogP contribution in [0.4, 0.5) is 0 Å². The number of hydrogen-bond acceptors (Lipinski definition) is 1. The molecule has 0 N–H and O–H groups in total. The fraction of sp³-hybridized carbons (Fsp3) is 0.846. The van der Waals surface area contributed by atoms with E-state index in [0.29, 0.717) is 6.10 Å². The molecule has 0 saturated carbocycles. The first-order valence-corrected chi connectivity index (χ1v) is 9.71. The minimum Gasteiger partial charge on any atom is -0.412 e. The van der Waals surface area contributed by atoms with E-state index in [0.717, 1.165) is 0 Å². The molecule has 2 heteroatoms. The van der Waals surface area contributed by atoms with Gasteiger partial charge >= 0.3 is 0 Å². The topological polar surface area (TPSA) is 9.23 Å². The lowest BCUT2D eigenvalue weighted by atomic mass is 10.1. The monoisotopic (exact) mass is 228 g/mol. The van der Waals surface area contributed by atoms with Crippen LogP contribution in [0.2, 0.25) is 19.6 Å². The summed E-state index contributed by atoms with van der Waals surface area (Å²) in [5.41, 5.74) is 0. The van der Waals surface area contributed by atoms with E-state index in [4.69, 9.17) is 4.43 Å². The van der Waals surface area contributed by atoms with Gasteiger partial charge in [0.05, 0.1) is 6.10 Å². The van der Waals surface area contributed by atoms with Gasteiger partial charge < -0.3 is 4.43 Å². The smallest absolute Gasteiger partial charge is 0.184 e. The van der Waals surface area contributed by atoms with Crippen molar-refractivity contribution in [3.8, 4) is 0 Å². The summed E-state index contributed by atoms with van der Waals surface area (Å²) < 4.78 is 5.92. The van der Waals surface area contributed by atoms with Gasteiger partial charge in [-0.3, -0.25) is 0 Å². The number of hydrogen-bond donors (Lipinski definition) is 0. The van der Waals surface area contributed by atoms with Crippen molar-refractivity contribution in [1.29, 1.82) is 0 Å². The molecule has 0 heterocycles. The molecule has 0 saturated heterocycles. The van der Waals surface area contributed by atoms with Gasteiger partial charge in [0.2, 0.25) is 0 Å². The summed E-state index contributed by atoms with van der Waals surface area (Å²) in [5, 5.41) is 0. The molecule has 0 fully saturated rings. The Morgan fingerprint density at radius 2 is 1.80 bits per heavy atom. The molecule has 0 aromatic carbocycles. The molecule has 0 amide bonds.